The summed E-state index contributed by atoms with van der Waals surface area (Å²) in [6.07, 6.45) is 5.60. The molecule has 2 aromatic heterocycles. The molecule has 0 spiro atoms. The Morgan fingerprint density at radius 1 is 1.47 bits per heavy atom. The maximum atomic E-state index is 5.05. The van der Waals surface area contributed by atoms with E-state index in [1.807, 2.05) is 36.1 Å². The van der Waals surface area contributed by atoms with Crippen LogP contribution in [-0.2, 0) is 6.54 Å². The molecule has 0 aliphatic rings. The Balaban J connectivity index is 1.85. The van der Waals surface area contributed by atoms with Crippen LogP contribution in [0.4, 0.5) is 5.69 Å². The van der Waals surface area contributed by atoms with Gasteiger partial charge < -0.3 is 10.1 Å². The van der Waals surface area contributed by atoms with Crippen LogP contribution in [0.2, 0.25) is 0 Å². The number of rotatable bonds is 5. The van der Waals surface area contributed by atoms with Gasteiger partial charge in [-0.15, -0.1) is 0 Å². The lowest BCUT2D eigenvalue weighted by Crippen LogP contribution is -2.10. The van der Waals surface area contributed by atoms with E-state index in [9.17, 15) is 0 Å². The van der Waals surface area contributed by atoms with Crippen LogP contribution in [0, 0.1) is 6.92 Å². The van der Waals surface area contributed by atoms with E-state index >= 15 is 0 Å². The maximum Gasteiger partial charge on any atom is 0.214 e. The van der Waals surface area contributed by atoms with Crippen molar-refractivity contribution in [2.24, 2.45) is 0 Å². The number of anilines is 1. The molecule has 0 radical (unpaired) electrons. The number of nitrogens with zero attached hydrogens (tertiary/aromatic N) is 3. The van der Waals surface area contributed by atoms with Gasteiger partial charge in [0.1, 0.15) is 0 Å². The van der Waals surface area contributed by atoms with Crippen LogP contribution in [0.25, 0.3) is 0 Å². The van der Waals surface area contributed by atoms with Crippen LogP contribution < -0.4 is 10.1 Å². The predicted octanol–water partition coefficient (Wildman–Crippen LogP) is 1.71. The van der Waals surface area contributed by atoms with Gasteiger partial charge in [-0.05, 0) is 18.6 Å². The molecule has 0 atom stereocenters. The zero-order valence-electron chi connectivity index (χ0n) is 10.1. The van der Waals surface area contributed by atoms with Gasteiger partial charge in [0.25, 0.3) is 0 Å². The minimum absolute atomic E-state index is 0.616. The lowest BCUT2D eigenvalue weighted by Gasteiger charge is -2.07. The van der Waals surface area contributed by atoms with Gasteiger partial charge in [0.15, 0.2) is 0 Å². The van der Waals surface area contributed by atoms with Crippen LogP contribution >= 0.6 is 0 Å². The molecule has 0 saturated carbocycles. The summed E-state index contributed by atoms with van der Waals surface area (Å²) in [5.74, 6) is 0.616. The lowest BCUT2D eigenvalue weighted by atomic mass is 10.4. The molecular weight excluding hydrogens is 216 g/mol. The molecule has 0 aliphatic heterocycles. The highest BCUT2D eigenvalue weighted by atomic mass is 16.5. The number of nitrogens with one attached hydrogen (secondary N) is 1. The number of aryl methyl sites for hydroxylation is 1. The fourth-order valence-electron chi connectivity index (χ4n) is 1.54. The Bertz CT molecular complexity index is 481. The van der Waals surface area contributed by atoms with Gasteiger partial charge in [0, 0.05) is 30.7 Å². The molecule has 90 valence electrons. The van der Waals surface area contributed by atoms with Crippen molar-refractivity contribution in [3.63, 3.8) is 0 Å². The van der Waals surface area contributed by atoms with Crippen molar-refractivity contribution in [1.29, 1.82) is 0 Å². The Hall–Kier alpha value is -2.04. The van der Waals surface area contributed by atoms with E-state index in [1.165, 1.54) is 5.56 Å². The van der Waals surface area contributed by atoms with E-state index in [0.29, 0.717) is 5.88 Å². The predicted molar refractivity (Wildman–Crippen MR) is 66.2 cm³/mol. The minimum Gasteiger partial charge on any atom is -0.481 e. The molecule has 0 amide bonds. The molecule has 2 rings (SSSR count). The number of methoxy groups -OCH3 is 1. The van der Waals surface area contributed by atoms with Crippen molar-refractivity contribution in [2.45, 2.75) is 13.5 Å². The summed E-state index contributed by atoms with van der Waals surface area (Å²) in [6, 6.07) is 3.78. The highest BCUT2D eigenvalue weighted by Gasteiger charge is 1.97. The van der Waals surface area contributed by atoms with Gasteiger partial charge in [0.05, 0.1) is 19.9 Å². The summed E-state index contributed by atoms with van der Waals surface area (Å²) in [7, 11) is 1.61. The monoisotopic (exact) mass is 232 g/mol. The molecule has 5 heteroatoms. The lowest BCUT2D eigenvalue weighted by molar-refractivity contribution is 0.398. The van der Waals surface area contributed by atoms with Crippen molar-refractivity contribution in [2.75, 3.05) is 19.0 Å². The van der Waals surface area contributed by atoms with E-state index in [2.05, 4.69) is 15.4 Å². The Kier molecular flexibility index (Phi) is 3.59. The summed E-state index contributed by atoms with van der Waals surface area (Å²) < 4.78 is 6.97. The summed E-state index contributed by atoms with van der Waals surface area (Å²) in [5.41, 5.74) is 2.18. The summed E-state index contributed by atoms with van der Waals surface area (Å²) >= 11 is 0. The SMILES string of the molecule is COc1cc(NCCn2cc(C)cn2)ccn1. The quantitative estimate of drug-likeness (QED) is 0.852. The number of hydrogen-bond acceptors (Lipinski definition) is 4. The Morgan fingerprint density at radius 3 is 3.06 bits per heavy atom. The fraction of sp³-hybridized carbons (Fsp3) is 0.333. The third kappa shape index (κ3) is 3.21. The van der Waals surface area contributed by atoms with Crippen molar-refractivity contribution in [3.05, 3.63) is 36.3 Å². The summed E-state index contributed by atoms with van der Waals surface area (Å²) in [4.78, 5) is 4.05. The molecule has 2 aromatic rings. The van der Waals surface area contributed by atoms with Gasteiger partial charge in [-0.25, -0.2) is 4.98 Å². The number of ether oxygens (including phenoxy) is 1. The van der Waals surface area contributed by atoms with Crippen LogP contribution in [-0.4, -0.2) is 28.4 Å². The van der Waals surface area contributed by atoms with Crippen LogP contribution in [0.5, 0.6) is 5.88 Å². The van der Waals surface area contributed by atoms with Gasteiger partial charge >= 0.3 is 0 Å². The normalized spacial score (nSPS) is 10.2. The van der Waals surface area contributed by atoms with Crippen molar-refractivity contribution in [3.8, 4) is 5.88 Å². The van der Waals surface area contributed by atoms with E-state index in [-0.39, 0.29) is 0 Å². The first-order chi connectivity index (χ1) is 8.28. The molecule has 0 fully saturated rings. The first kappa shape index (κ1) is 11.4. The number of aromatic nitrogens is 3. The van der Waals surface area contributed by atoms with Crippen LogP contribution in [0.3, 0.4) is 0 Å². The first-order valence-corrected chi connectivity index (χ1v) is 5.51. The van der Waals surface area contributed by atoms with E-state index in [0.717, 1.165) is 18.8 Å². The second kappa shape index (κ2) is 5.34. The smallest absolute Gasteiger partial charge is 0.214 e. The molecule has 0 unspecified atom stereocenters. The van der Waals surface area contributed by atoms with E-state index < -0.39 is 0 Å². The first-order valence-electron chi connectivity index (χ1n) is 5.51. The molecule has 0 aliphatic carbocycles. The second-order valence-corrected chi connectivity index (χ2v) is 3.79. The van der Waals surface area contributed by atoms with Crippen LogP contribution in [0.15, 0.2) is 30.7 Å². The van der Waals surface area contributed by atoms with Gasteiger partial charge in [0.2, 0.25) is 5.88 Å². The standard InChI is InChI=1S/C12H16N4O/c1-10-8-15-16(9-10)6-5-13-11-3-4-14-12(7-11)17-2/h3-4,7-9H,5-6H2,1-2H3,(H,13,14). The summed E-state index contributed by atoms with van der Waals surface area (Å²) in [6.45, 7) is 3.68. The van der Waals surface area contributed by atoms with E-state index in [1.54, 1.807) is 13.3 Å². The van der Waals surface area contributed by atoms with Crippen molar-refractivity contribution >= 4 is 5.69 Å². The third-order valence-corrected chi connectivity index (χ3v) is 2.38. The topological polar surface area (TPSA) is 52.0 Å². The van der Waals surface area contributed by atoms with Crippen molar-refractivity contribution < 1.29 is 4.74 Å². The Labute approximate surface area is 100 Å². The zero-order chi connectivity index (χ0) is 12.1. The highest BCUT2D eigenvalue weighted by molar-refractivity contribution is 5.44. The number of hydrogen-bond donors (Lipinski definition) is 1. The highest BCUT2D eigenvalue weighted by Crippen LogP contribution is 2.12. The second-order valence-electron chi connectivity index (χ2n) is 3.79. The largest absolute Gasteiger partial charge is 0.481 e. The fourth-order valence-corrected chi connectivity index (χ4v) is 1.54. The molecule has 1 N–H and O–H groups in total. The molecule has 5 nitrogen and oxygen atoms in total. The summed E-state index contributed by atoms with van der Waals surface area (Å²) in [5, 5.41) is 7.52. The van der Waals surface area contributed by atoms with Gasteiger partial charge in [-0.1, -0.05) is 0 Å². The molecule has 0 saturated heterocycles. The molecule has 0 bridgehead atoms. The third-order valence-electron chi connectivity index (χ3n) is 2.38. The molecule has 17 heavy (non-hydrogen) atoms. The average molecular weight is 232 g/mol. The van der Waals surface area contributed by atoms with Crippen LogP contribution in [0.1, 0.15) is 5.56 Å². The van der Waals surface area contributed by atoms with Gasteiger partial charge in [-0.2, -0.15) is 5.10 Å². The minimum atomic E-state index is 0.616. The molecule has 2 heterocycles. The number of pyridine rings is 1. The van der Waals surface area contributed by atoms with E-state index in [4.69, 9.17) is 4.74 Å². The zero-order valence-corrected chi connectivity index (χ0v) is 10.1. The molecule has 0 aromatic carbocycles. The van der Waals surface area contributed by atoms with Crippen molar-refractivity contribution in [1.82, 2.24) is 14.8 Å². The molecular formula is C12H16N4O. The maximum absolute atomic E-state index is 5.05. The average Bonchev–Trinajstić information content (AvgIpc) is 2.75. The van der Waals surface area contributed by atoms with Gasteiger partial charge in [-0.3, -0.25) is 4.68 Å². The Morgan fingerprint density at radius 2 is 2.35 bits per heavy atom.